The van der Waals surface area contributed by atoms with Crippen LogP contribution in [0, 0.1) is 21.8 Å². The van der Waals surface area contributed by atoms with Gasteiger partial charge in [-0.2, -0.15) is 0 Å². The van der Waals surface area contributed by atoms with E-state index in [9.17, 15) is 32.8 Å². The summed E-state index contributed by atoms with van der Waals surface area (Å²) in [5.74, 6) is -1.53. The molecule has 0 spiro atoms. The number of sulfonamides is 1. The number of aliphatic hydroxyl groups is 1. The SMILES string of the molecule is CC1(O)CCC(CNc2ccc(S(=O)(=O)NC(=O)c3cccc(F)c3)cc2[N+](=O)[O-])CC1. The van der Waals surface area contributed by atoms with Crippen LogP contribution in [-0.4, -0.2) is 36.5 Å². The van der Waals surface area contributed by atoms with Crippen molar-refractivity contribution in [1.82, 2.24) is 4.72 Å². The fourth-order valence-corrected chi connectivity index (χ4v) is 4.60. The van der Waals surface area contributed by atoms with E-state index in [4.69, 9.17) is 0 Å². The molecule has 172 valence electrons. The van der Waals surface area contributed by atoms with E-state index in [1.165, 1.54) is 18.2 Å². The molecular formula is C21H24FN3O6S. The number of nitrogens with one attached hydrogen (secondary N) is 2. The number of amides is 1. The second kappa shape index (κ2) is 9.21. The first-order chi connectivity index (χ1) is 15.0. The molecule has 2 aromatic carbocycles. The Labute approximate surface area is 184 Å². The van der Waals surface area contributed by atoms with Crippen LogP contribution in [0.15, 0.2) is 47.4 Å². The van der Waals surface area contributed by atoms with E-state index < -0.39 is 42.9 Å². The second-order valence-corrected chi connectivity index (χ2v) is 9.88. The first-order valence-electron chi connectivity index (χ1n) is 10.0. The van der Waals surface area contributed by atoms with Gasteiger partial charge >= 0.3 is 0 Å². The summed E-state index contributed by atoms with van der Waals surface area (Å²) in [7, 11) is -4.42. The van der Waals surface area contributed by atoms with Crippen molar-refractivity contribution in [2.24, 2.45) is 5.92 Å². The van der Waals surface area contributed by atoms with Crippen LogP contribution in [0.5, 0.6) is 0 Å². The van der Waals surface area contributed by atoms with E-state index in [1.54, 1.807) is 11.6 Å². The van der Waals surface area contributed by atoms with Crippen LogP contribution < -0.4 is 10.0 Å². The second-order valence-electron chi connectivity index (χ2n) is 8.20. The van der Waals surface area contributed by atoms with Crippen molar-refractivity contribution in [2.45, 2.75) is 43.1 Å². The summed E-state index contributed by atoms with van der Waals surface area (Å²) in [6.07, 6.45) is 2.83. The lowest BCUT2D eigenvalue weighted by Gasteiger charge is -2.33. The summed E-state index contributed by atoms with van der Waals surface area (Å²) in [4.78, 5) is 22.5. The molecule has 1 aliphatic carbocycles. The minimum atomic E-state index is -4.42. The van der Waals surface area contributed by atoms with Gasteiger partial charge in [-0.3, -0.25) is 14.9 Å². The third-order valence-electron chi connectivity index (χ3n) is 5.55. The monoisotopic (exact) mass is 465 g/mol. The standard InChI is InChI=1S/C21H24FN3O6S/c1-21(27)9-7-14(8-10-21)13-23-18-6-5-17(12-19(18)25(28)29)32(30,31)24-20(26)15-3-2-4-16(22)11-15/h2-6,11-12,14,23,27H,7-10,13H2,1H3,(H,24,26). The van der Waals surface area contributed by atoms with Crippen LogP contribution in [-0.2, 0) is 10.0 Å². The summed E-state index contributed by atoms with van der Waals surface area (Å²) in [5, 5.41) is 24.6. The maximum absolute atomic E-state index is 13.3. The van der Waals surface area contributed by atoms with E-state index in [2.05, 4.69) is 5.32 Å². The minimum Gasteiger partial charge on any atom is -0.390 e. The van der Waals surface area contributed by atoms with Gasteiger partial charge < -0.3 is 10.4 Å². The number of halogens is 1. The number of nitrogens with zero attached hydrogens (tertiary/aromatic N) is 1. The summed E-state index contributed by atoms with van der Waals surface area (Å²) in [5.41, 5.74) is -1.18. The Bertz CT molecular complexity index is 1130. The van der Waals surface area contributed by atoms with Crippen LogP contribution in [0.4, 0.5) is 15.8 Å². The van der Waals surface area contributed by atoms with Crippen molar-refractivity contribution in [2.75, 3.05) is 11.9 Å². The Morgan fingerprint density at radius 2 is 1.94 bits per heavy atom. The average molecular weight is 466 g/mol. The molecule has 1 saturated carbocycles. The normalized spacial score (nSPS) is 21.0. The van der Waals surface area contributed by atoms with Gasteiger partial charge in [-0.1, -0.05) is 6.07 Å². The zero-order chi connectivity index (χ0) is 23.5. The van der Waals surface area contributed by atoms with Crippen LogP contribution in [0.2, 0.25) is 0 Å². The minimum absolute atomic E-state index is 0.155. The Morgan fingerprint density at radius 3 is 2.56 bits per heavy atom. The number of nitro benzene ring substituents is 1. The Balaban J connectivity index is 1.74. The zero-order valence-electron chi connectivity index (χ0n) is 17.4. The molecule has 0 atom stereocenters. The van der Waals surface area contributed by atoms with Crippen molar-refractivity contribution in [1.29, 1.82) is 0 Å². The number of hydrogen-bond acceptors (Lipinski definition) is 7. The van der Waals surface area contributed by atoms with Gasteiger partial charge in [-0.05, 0) is 68.9 Å². The highest BCUT2D eigenvalue weighted by Gasteiger charge is 2.29. The van der Waals surface area contributed by atoms with Gasteiger partial charge in [0.2, 0.25) is 0 Å². The number of anilines is 1. The number of carbonyl (C=O) groups is 1. The van der Waals surface area contributed by atoms with Crippen molar-refractivity contribution in [3.63, 3.8) is 0 Å². The van der Waals surface area contributed by atoms with Gasteiger partial charge in [-0.15, -0.1) is 0 Å². The fraction of sp³-hybridized carbons (Fsp3) is 0.381. The van der Waals surface area contributed by atoms with E-state index in [-0.39, 0.29) is 17.2 Å². The number of benzene rings is 2. The Morgan fingerprint density at radius 1 is 1.25 bits per heavy atom. The lowest BCUT2D eigenvalue weighted by Crippen LogP contribution is -2.32. The molecule has 3 rings (SSSR count). The quantitative estimate of drug-likeness (QED) is 0.421. The van der Waals surface area contributed by atoms with Gasteiger partial charge in [0.1, 0.15) is 11.5 Å². The van der Waals surface area contributed by atoms with Gasteiger partial charge in [0.25, 0.3) is 21.6 Å². The Kier molecular flexibility index (Phi) is 6.79. The number of rotatable bonds is 7. The molecule has 0 aromatic heterocycles. The summed E-state index contributed by atoms with van der Waals surface area (Å²) in [6.45, 7) is 2.23. The molecule has 0 aliphatic heterocycles. The molecule has 0 unspecified atom stereocenters. The lowest BCUT2D eigenvalue weighted by atomic mass is 9.80. The average Bonchev–Trinajstić information content (AvgIpc) is 2.72. The maximum atomic E-state index is 13.3. The predicted octanol–water partition coefficient (Wildman–Crippen LogP) is 3.21. The van der Waals surface area contributed by atoms with Crippen LogP contribution in [0.3, 0.4) is 0 Å². The number of hydrogen-bond donors (Lipinski definition) is 3. The van der Waals surface area contributed by atoms with Gasteiger partial charge in [0, 0.05) is 18.2 Å². The summed E-state index contributed by atoms with van der Waals surface area (Å²) >= 11 is 0. The van der Waals surface area contributed by atoms with E-state index >= 15 is 0 Å². The molecule has 0 heterocycles. The van der Waals surface area contributed by atoms with Crippen molar-refractivity contribution in [3.8, 4) is 0 Å². The van der Waals surface area contributed by atoms with Gasteiger partial charge in [0.05, 0.1) is 15.4 Å². The number of nitro groups is 1. The summed E-state index contributed by atoms with van der Waals surface area (Å²) in [6, 6.07) is 7.79. The molecule has 2 aromatic rings. The highest BCUT2D eigenvalue weighted by Crippen LogP contribution is 2.33. The predicted molar refractivity (Wildman–Crippen MR) is 115 cm³/mol. The summed E-state index contributed by atoms with van der Waals surface area (Å²) < 4.78 is 40.2. The van der Waals surface area contributed by atoms with E-state index in [0.29, 0.717) is 19.4 Å². The maximum Gasteiger partial charge on any atom is 0.293 e. The molecule has 1 aliphatic rings. The van der Waals surface area contributed by atoms with Crippen molar-refractivity contribution in [3.05, 3.63) is 64.0 Å². The third-order valence-corrected chi connectivity index (χ3v) is 6.88. The van der Waals surface area contributed by atoms with Crippen molar-refractivity contribution >= 4 is 27.3 Å². The highest BCUT2D eigenvalue weighted by molar-refractivity contribution is 7.90. The lowest BCUT2D eigenvalue weighted by molar-refractivity contribution is -0.384. The van der Waals surface area contributed by atoms with Crippen LogP contribution in [0.25, 0.3) is 0 Å². The largest absolute Gasteiger partial charge is 0.390 e. The first kappa shape index (κ1) is 23.6. The molecule has 9 nitrogen and oxygen atoms in total. The molecular weight excluding hydrogens is 441 g/mol. The van der Waals surface area contributed by atoms with Gasteiger partial charge in [-0.25, -0.2) is 17.5 Å². The topological polar surface area (TPSA) is 139 Å². The first-order valence-corrected chi connectivity index (χ1v) is 11.5. The number of carbonyl (C=O) groups excluding carboxylic acids is 1. The van der Waals surface area contributed by atoms with Gasteiger partial charge in [0.15, 0.2) is 0 Å². The fourth-order valence-electron chi connectivity index (χ4n) is 3.61. The molecule has 32 heavy (non-hydrogen) atoms. The smallest absolute Gasteiger partial charge is 0.293 e. The Hall–Kier alpha value is -3.05. The third kappa shape index (κ3) is 5.80. The molecule has 0 radical (unpaired) electrons. The molecule has 11 heteroatoms. The van der Waals surface area contributed by atoms with E-state index in [0.717, 1.165) is 37.1 Å². The highest BCUT2D eigenvalue weighted by atomic mass is 32.2. The van der Waals surface area contributed by atoms with E-state index in [1.807, 2.05) is 0 Å². The van der Waals surface area contributed by atoms with Crippen LogP contribution >= 0.6 is 0 Å². The molecule has 1 amide bonds. The molecule has 0 bridgehead atoms. The molecule has 0 saturated heterocycles. The van der Waals surface area contributed by atoms with Crippen molar-refractivity contribution < 1.29 is 27.6 Å². The van der Waals surface area contributed by atoms with Crippen LogP contribution in [0.1, 0.15) is 43.0 Å². The molecule has 3 N–H and O–H groups in total. The zero-order valence-corrected chi connectivity index (χ0v) is 18.2. The molecule has 1 fully saturated rings.